The van der Waals surface area contributed by atoms with E-state index in [9.17, 15) is 14.4 Å². The molecular formula is C26H30N4O3. The Bertz CT molecular complexity index is 1080. The number of aryl methyl sites for hydroxylation is 1. The number of carbonyl (C=O) groups excluding carboxylic acids is 3. The van der Waals surface area contributed by atoms with Crippen LogP contribution in [0.5, 0.6) is 0 Å². The van der Waals surface area contributed by atoms with Crippen LogP contribution in [-0.4, -0.2) is 41.4 Å². The second-order valence-electron chi connectivity index (χ2n) is 8.83. The van der Waals surface area contributed by atoms with Crippen LogP contribution in [0.25, 0.3) is 11.1 Å². The quantitative estimate of drug-likeness (QED) is 0.705. The lowest BCUT2D eigenvalue weighted by Crippen LogP contribution is -2.43. The summed E-state index contributed by atoms with van der Waals surface area (Å²) in [5.74, 6) is -0.321. The molecule has 0 bridgehead atoms. The number of hydrazone groups is 1. The minimum atomic E-state index is -0.225. The van der Waals surface area contributed by atoms with E-state index < -0.39 is 0 Å². The number of amides is 3. The average molecular weight is 447 g/mol. The SMILES string of the molecule is Cc1cccc(-c2cccc(NC(=O)[C@H]3CCCN(C(=O)CCC4=NNC(=O)CC4)C3)c2)c1. The van der Waals surface area contributed by atoms with Gasteiger partial charge in [-0.1, -0.05) is 42.0 Å². The van der Waals surface area contributed by atoms with Crippen molar-refractivity contribution in [3.63, 3.8) is 0 Å². The number of hydrogen-bond donors (Lipinski definition) is 2. The van der Waals surface area contributed by atoms with Crippen molar-refractivity contribution in [3.8, 4) is 11.1 Å². The number of rotatable bonds is 6. The first kappa shape index (κ1) is 22.7. The lowest BCUT2D eigenvalue weighted by Gasteiger charge is -2.32. The molecule has 0 aliphatic carbocycles. The maximum atomic E-state index is 13.0. The van der Waals surface area contributed by atoms with Crippen LogP contribution < -0.4 is 10.7 Å². The Morgan fingerprint density at radius 3 is 2.67 bits per heavy atom. The van der Waals surface area contributed by atoms with Crippen LogP contribution in [0.15, 0.2) is 53.6 Å². The summed E-state index contributed by atoms with van der Waals surface area (Å²) in [5.41, 5.74) is 7.44. The van der Waals surface area contributed by atoms with Crippen molar-refractivity contribution in [1.29, 1.82) is 0 Å². The molecule has 2 aliphatic rings. The van der Waals surface area contributed by atoms with Gasteiger partial charge in [0.1, 0.15) is 0 Å². The molecule has 0 unspecified atom stereocenters. The fraction of sp³-hybridized carbons (Fsp3) is 0.385. The number of likely N-dealkylation sites (tertiary alicyclic amines) is 1. The van der Waals surface area contributed by atoms with E-state index in [1.165, 1.54) is 5.56 Å². The van der Waals surface area contributed by atoms with E-state index in [0.717, 1.165) is 35.4 Å². The highest BCUT2D eigenvalue weighted by atomic mass is 16.2. The number of nitrogens with one attached hydrogen (secondary N) is 2. The first-order valence-electron chi connectivity index (χ1n) is 11.6. The molecule has 2 heterocycles. The Labute approximate surface area is 194 Å². The zero-order chi connectivity index (χ0) is 23.2. The van der Waals surface area contributed by atoms with Crippen LogP contribution in [-0.2, 0) is 14.4 Å². The molecule has 1 saturated heterocycles. The largest absolute Gasteiger partial charge is 0.342 e. The number of anilines is 1. The Morgan fingerprint density at radius 2 is 1.91 bits per heavy atom. The summed E-state index contributed by atoms with van der Waals surface area (Å²) < 4.78 is 0. The third kappa shape index (κ3) is 6.06. The second-order valence-corrected chi connectivity index (χ2v) is 8.83. The highest BCUT2D eigenvalue weighted by molar-refractivity contribution is 5.95. The van der Waals surface area contributed by atoms with Gasteiger partial charge in [-0.3, -0.25) is 14.4 Å². The molecule has 2 N–H and O–H groups in total. The van der Waals surface area contributed by atoms with E-state index in [1.54, 1.807) is 4.90 Å². The standard InChI is InChI=1S/C26H30N4O3/c1-18-5-2-6-19(15-18)20-7-3-9-23(16-20)27-26(33)21-8-4-14-30(17-21)25(32)13-11-22-10-12-24(31)29-28-22/h2-3,5-7,9,15-16,21H,4,8,10-14,17H2,1H3,(H,27,33)(H,29,31)/t21-/m0/s1. The summed E-state index contributed by atoms with van der Waals surface area (Å²) in [6, 6.07) is 16.1. The van der Waals surface area contributed by atoms with Gasteiger partial charge in [0.15, 0.2) is 0 Å². The summed E-state index contributed by atoms with van der Waals surface area (Å²) >= 11 is 0. The van der Waals surface area contributed by atoms with Crippen LogP contribution in [0.4, 0.5) is 5.69 Å². The molecule has 4 rings (SSSR count). The van der Waals surface area contributed by atoms with Crippen molar-refractivity contribution in [1.82, 2.24) is 10.3 Å². The molecular weight excluding hydrogens is 416 g/mol. The van der Waals surface area contributed by atoms with Crippen molar-refractivity contribution < 1.29 is 14.4 Å². The molecule has 2 aromatic carbocycles. The van der Waals surface area contributed by atoms with Crippen molar-refractivity contribution in [2.24, 2.45) is 11.0 Å². The molecule has 1 atom stereocenters. The van der Waals surface area contributed by atoms with Gasteiger partial charge in [0.05, 0.1) is 5.92 Å². The Morgan fingerprint density at radius 1 is 1.12 bits per heavy atom. The third-order valence-corrected chi connectivity index (χ3v) is 6.23. The van der Waals surface area contributed by atoms with Crippen LogP contribution >= 0.6 is 0 Å². The van der Waals surface area contributed by atoms with Crippen molar-refractivity contribution in [2.75, 3.05) is 18.4 Å². The first-order chi connectivity index (χ1) is 16.0. The van der Waals surface area contributed by atoms with Gasteiger partial charge in [-0.2, -0.15) is 5.10 Å². The van der Waals surface area contributed by atoms with Gasteiger partial charge in [0.25, 0.3) is 0 Å². The van der Waals surface area contributed by atoms with Gasteiger partial charge in [0, 0.05) is 37.3 Å². The number of hydrogen-bond acceptors (Lipinski definition) is 4. The highest BCUT2D eigenvalue weighted by Gasteiger charge is 2.28. The topological polar surface area (TPSA) is 90.9 Å². The Hall–Kier alpha value is -3.48. The van der Waals surface area contributed by atoms with Crippen LogP contribution in [0, 0.1) is 12.8 Å². The second kappa shape index (κ2) is 10.4. The average Bonchev–Trinajstić information content (AvgIpc) is 2.84. The highest BCUT2D eigenvalue weighted by Crippen LogP contribution is 2.25. The summed E-state index contributed by atoms with van der Waals surface area (Å²) in [4.78, 5) is 38.7. The predicted molar refractivity (Wildman–Crippen MR) is 129 cm³/mol. The molecule has 2 aliphatic heterocycles. The van der Waals surface area contributed by atoms with E-state index in [2.05, 4.69) is 41.0 Å². The van der Waals surface area contributed by atoms with Crippen molar-refractivity contribution >= 4 is 29.1 Å². The van der Waals surface area contributed by atoms with Gasteiger partial charge >= 0.3 is 0 Å². The number of nitrogens with zero attached hydrogens (tertiary/aromatic N) is 2. The molecule has 0 spiro atoms. The van der Waals surface area contributed by atoms with E-state index in [1.807, 2.05) is 30.3 Å². The van der Waals surface area contributed by atoms with Gasteiger partial charge in [-0.15, -0.1) is 0 Å². The van der Waals surface area contributed by atoms with Gasteiger partial charge in [-0.25, -0.2) is 5.43 Å². The Kier molecular flexibility index (Phi) is 7.17. The van der Waals surface area contributed by atoms with E-state index >= 15 is 0 Å². The Balaban J connectivity index is 1.33. The monoisotopic (exact) mass is 446 g/mol. The van der Waals surface area contributed by atoms with E-state index in [-0.39, 0.29) is 23.6 Å². The number of benzene rings is 2. The normalized spacial score (nSPS) is 18.3. The van der Waals surface area contributed by atoms with Crippen molar-refractivity contribution in [3.05, 3.63) is 54.1 Å². The molecule has 0 aromatic heterocycles. The van der Waals surface area contributed by atoms with Gasteiger partial charge in [-0.05, 0) is 55.9 Å². The number of piperidine rings is 1. The molecule has 0 radical (unpaired) electrons. The minimum Gasteiger partial charge on any atom is -0.342 e. The fourth-order valence-electron chi connectivity index (χ4n) is 4.36. The molecule has 172 valence electrons. The molecule has 3 amide bonds. The molecule has 33 heavy (non-hydrogen) atoms. The number of carbonyl (C=O) groups is 3. The summed E-state index contributed by atoms with van der Waals surface area (Å²) in [6.45, 7) is 3.17. The zero-order valence-corrected chi connectivity index (χ0v) is 19.0. The van der Waals surface area contributed by atoms with Gasteiger partial charge < -0.3 is 10.2 Å². The summed E-state index contributed by atoms with van der Waals surface area (Å²) in [7, 11) is 0. The van der Waals surface area contributed by atoms with Gasteiger partial charge in [0.2, 0.25) is 17.7 Å². The fourth-order valence-corrected chi connectivity index (χ4v) is 4.36. The molecule has 7 heteroatoms. The summed E-state index contributed by atoms with van der Waals surface area (Å²) in [6.07, 6.45) is 3.49. The lowest BCUT2D eigenvalue weighted by atomic mass is 9.96. The maximum absolute atomic E-state index is 13.0. The molecule has 2 aromatic rings. The predicted octanol–water partition coefficient (Wildman–Crippen LogP) is 3.89. The first-order valence-corrected chi connectivity index (χ1v) is 11.6. The molecule has 0 saturated carbocycles. The third-order valence-electron chi connectivity index (χ3n) is 6.23. The zero-order valence-electron chi connectivity index (χ0n) is 19.0. The van der Waals surface area contributed by atoms with Crippen LogP contribution in [0.2, 0.25) is 0 Å². The summed E-state index contributed by atoms with van der Waals surface area (Å²) in [5, 5.41) is 7.08. The smallest absolute Gasteiger partial charge is 0.240 e. The van der Waals surface area contributed by atoms with Crippen molar-refractivity contribution in [2.45, 2.75) is 45.4 Å². The van der Waals surface area contributed by atoms with E-state index in [0.29, 0.717) is 38.8 Å². The van der Waals surface area contributed by atoms with E-state index in [4.69, 9.17) is 0 Å². The minimum absolute atomic E-state index is 0.0357. The molecule has 7 nitrogen and oxygen atoms in total. The maximum Gasteiger partial charge on any atom is 0.240 e. The van der Waals surface area contributed by atoms with Crippen LogP contribution in [0.1, 0.15) is 44.1 Å². The molecule has 1 fully saturated rings. The lowest BCUT2D eigenvalue weighted by molar-refractivity contribution is -0.134. The van der Waals surface area contributed by atoms with Crippen LogP contribution in [0.3, 0.4) is 0 Å².